The largest absolute Gasteiger partial charge is 0.326 e. The molecule has 0 aliphatic heterocycles. The highest BCUT2D eigenvalue weighted by Gasteiger charge is 1.95. The van der Waals surface area contributed by atoms with Gasteiger partial charge in [-0.3, -0.25) is 4.98 Å². The molecule has 0 saturated carbocycles. The summed E-state index contributed by atoms with van der Waals surface area (Å²) >= 11 is 0. The molecule has 0 atom stereocenters. The summed E-state index contributed by atoms with van der Waals surface area (Å²) < 4.78 is 35.9. The lowest BCUT2D eigenvalue weighted by Gasteiger charge is -1.92. The number of pyridine rings is 2. The normalized spacial score (nSPS) is 9.41. The van der Waals surface area contributed by atoms with Crippen molar-refractivity contribution in [3.63, 3.8) is 0 Å². The first-order chi connectivity index (χ1) is 8.13. The average Bonchev–Trinajstić information content (AvgIpc) is 2.34. The molecular formula is C11H10F3N3. The van der Waals surface area contributed by atoms with Crippen LogP contribution in [0.3, 0.4) is 0 Å². The topological polar surface area (TPSA) is 51.8 Å². The van der Waals surface area contributed by atoms with Crippen molar-refractivity contribution in [2.24, 2.45) is 5.73 Å². The van der Waals surface area contributed by atoms with Crippen molar-refractivity contribution in [1.82, 2.24) is 9.97 Å². The highest BCUT2D eigenvalue weighted by Crippen LogP contribution is 1.98. The van der Waals surface area contributed by atoms with Crippen LogP contribution in [0.15, 0.2) is 36.8 Å². The SMILES string of the molecule is Fc1cccnc1F.NCc1cncc(F)c1. The van der Waals surface area contributed by atoms with E-state index in [0.29, 0.717) is 6.54 Å². The van der Waals surface area contributed by atoms with E-state index in [2.05, 4.69) is 9.97 Å². The van der Waals surface area contributed by atoms with Gasteiger partial charge in [0.1, 0.15) is 5.82 Å². The first-order valence-corrected chi connectivity index (χ1v) is 4.69. The van der Waals surface area contributed by atoms with Crippen LogP contribution >= 0.6 is 0 Å². The van der Waals surface area contributed by atoms with Gasteiger partial charge in [-0.05, 0) is 23.8 Å². The molecule has 0 saturated heterocycles. The molecule has 0 fully saturated rings. The van der Waals surface area contributed by atoms with Gasteiger partial charge in [0.05, 0.1) is 6.20 Å². The van der Waals surface area contributed by atoms with Gasteiger partial charge < -0.3 is 5.73 Å². The molecule has 2 aromatic heterocycles. The maximum Gasteiger partial charge on any atom is 0.248 e. The molecule has 3 nitrogen and oxygen atoms in total. The van der Waals surface area contributed by atoms with Crippen LogP contribution in [0, 0.1) is 17.6 Å². The van der Waals surface area contributed by atoms with Crippen molar-refractivity contribution in [3.8, 4) is 0 Å². The van der Waals surface area contributed by atoms with Gasteiger partial charge in [0.2, 0.25) is 5.95 Å². The zero-order valence-electron chi connectivity index (χ0n) is 8.78. The van der Waals surface area contributed by atoms with Crippen LogP contribution in [0.5, 0.6) is 0 Å². The molecule has 2 aromatic rings. The summed E-state index contributed by atoms with van der Waals surface area (Å²) in [6.45, 7) is 0.338. The summed E-state index contributed by atoms with van der Waals surface area (Å²) in [7, 11) is 0. The highest BCUT2D eigenvalue weighted by atomic mass is 19.2. The Morgan fingerprint density at radius 2 is 1.94 bits per heavy atom. The minimum atomic E-state index is -1.05. The quantitative estimate of drug-likeness (QED) is 0.777. The van der Waals surface area contributed by atoms with Crippen molar-refractivity contribution < 1.29 is 13.2 Å². The van der Waals surface area contributed by atoms with Gasteiger partial charge in [-0.1, -0.05) is 0 Å². The van der Waals surface area contributed by atoms with Crippen LogP contribution in [-0.4, -0.2) is 9.97 Å². The lowest BCUT2D eigenvalue weighted by atomic mass is 10.3. The molecule has 2 heterocycles. The average molecular weight is 241 g/mol. The number of rotatable bonds is 1. The van der Waals surface area contributed by atoms with Gasteiger partial charge in [-0.2, -0.15) is 4.39 Å². The Labute approximate surface area is 96.1 Å². The van der Waals surface area contributed by atoms with Gasteiger partial charge in [0, 0.05) is 18.9 Å². The van der Waals surface area contributed by atoms with E-state index in [1.54, 1.807) is 6.20 Å². The fourth-order valence-electron chi connectivity index (χ4n) is 0.934. The minimum absolute atomic E-state index is 0.335. The Bertz CT molecular complexity index is 456. The van der Waals surface area contributed by atoms with E-state index in [-0.39, 0.29) is 5.82 Å². The van der Waals surface area contributed by atoms with Crippen LogP contribution in [0.4, 0.5) is 13.2 Å². The number of aromatic nitrogens is 2. The van der Waals surface area contributed by atoms with Crippen LogP contribution < -0.4 is 5.73 Å². The van der Waals surface area contributed by atoms with Gasteiger partial charge in [0.15, 0.2) is 5.82 Å². The molecule has 2 rings (SSSR count). The Morgan fingerprint density at radius 3 is 2.35 bits per heavy atom. The van der Waals surface area contributed by atoms with Gasteiger partial charge >= 0.3 is 0 Å². The lowest BCUT2D eigenvalue weighted by molar-refractivity contribution is 0.479. The second-order valence-electron chi connectivity index (χ2n) is 2.99. The minimum Gasteiger partial charge on any atom is -0.326 e. The molecule has 0 bridgehead atoms. The first kappa shape index (κ1) is 13.1. The summed E-state index contributed by atoms with van der Waals surface area (Å²) in [5.41, 5.74) is 5.93. The zero-order chi connectivity index (χ0) is 12.7. The maximum absolute atomic E-state index is 12.2. The number of halogens is 3. The summed E-state index contributed by atoms with van der Waals surface area (Å²) in [5, 5.41) is 0. The van der Waals surface area contributed by atoms with Gasteiger partial charge in [0.25, 0.3) is 0 Å². The van der Waals surface area contributed by atoms with E-state index in [0.717, 1.165) is 17.8 Å². The Morgan fingerprint density at radius 1 is 1.18 bits per heavy atom. The predicted molar refractivity (Wildman–Crippen MR) is 56.2 cm³/mol. The second-order valence-corrected chi connectivity index (χ2v) is 2.99. The second kappa shape index (κ2) is 6.59. The number of nitrogens with two attached hydrogens (primary N) is 1. The standard InChI is InChI=1S/C6H7FN2.C5H3F2N/c7-6-1-5(2-8)3-9-4-6;6-4-2-1-3-8-5(4)7/h1,3-4H,2,8H2;1-3H. The monoisotopic (exact) mass is 241 g/mol. The molecule has 17 heavy (non-hydrogen) atoms. The Hall–Kier alpha value is -1.95. The predicted octanol–water partition coefficient (Wildman–Crippen LogP) is 2.04. The molecule has 6 heteroatoms. The molecule has 0 aliphatic carbocycles. The van der Waals surface area contributed by atoms with Crippen molar-refractivity contribution in [2.75, 3.05) is 0 Å². The number of hydrogen-bond donors (Lipinski definition) is 1. The van der Waals surface area contributed by atoms with E-state index in [9.17, 15) is 13.2 Å². The third kappa shape index (κ3) is 4.60. The molecule has 0 amide bonds. The fourth-order valence-corrected chi connectivity index (χ4v) is 0.934. The molecule has 0 radical (unpaired) electrons. The van der Waals surface area contributed by atoms with E-state index in [4.69, 9.17) is 5.73 Å². The van der Waals surface area contributed by atoms with Crippen molar-refractivity contribution >= 4 is 0 Å². The van der Waals surface area contributed by atoms with E-state index in [1.807, 2.05) is 0 Å². The molecular weight excluding hydrogens is 231 g/mol. The number of nitrogens with zero attached hydrogens (tertiary/aromatic N) is 2. The molecule has 0 aliphatic rings. The molecule has 90 valence electrons. The third-order valence-electron chi connectivity index (χ3n) is 1.71. The first-order valence-electron chi connectivity index (χ1n) is 4.69. The van der Waals surface area contributed by atoms with Crippen LogP contribution in [0.25, 0.3) is 0 Å². The van der Waals surface area contributed by atoms with Crippen molar-refractivity contribution in [2.45, 2.75) is 6.54 Å². The molecule has 0 aromatic carbocycles. The third-order valence-corrected chi connectivity index (χ3v) is 1.71. The lowest BCUT2D eigenvalue weighted by Crippen LogP contribution is -1.96. The van der Waals surface area contributed by atoms with Crippen molar-refractivity contribution in [3.05, 3.63) is 59.9 Å². The molecule has 0 unspecified atom stereocenters. The van der Waals surface area contributed by atoms with Gasteiger partial charge in [-0.25, -0.2) is 13.8 Å². The smallest absolute Gasteiger partial charge is 0.248 e. The summed E-state index contributed by atoms with van der Waals surface area (Å²) in [5.74, 6) is -2.29. The molecule has 0 spiro atoms. The Balaban J connectivity index is 0.000000171. The molecule has 2 N–H and O–H groups in total. The van der Waals surface area contributed by atoms with Crippen molar-refractivity contribution in [1.29, 1.82) is 0 Å². The summed E-state index contributed by atoms with van der Waals surface area (Å²) in [6.07, 6.45) is 3.89. The summed E-state index contributed by atoms with van der Waals surface area (Å²) in [6, 6.07) is 3.72. The Kier molecular flexibility index (Phi) is 5.09. The van der Waals surface area contributed by atoms with Crippen LogP contribution in [0.2, 0.25) is 0 Å². The van der Waals surface area contributed by atoms with E-state index < -0.39 is 11.8 Å². The maximum atomic E-state index is 12.2. The van der Waals surface area contributed by atoms with Crippen LogP contribution in [-0.2, 0) is 6.54 Å². The highest BCUT2D eigenvalue weighted by molar-refractivity contribution is 5.08. The van der Waals surface area contributed by atoms with Crippen LogP contribution in [0.1, 0.15) is 5.56 Å². The van der Waals surface area contributed by atoms with E-state index in [1.165, 1.54) is 18.3 Å². The zero-order valence-corrected chi connectivity index (χ0v) is 8.78. The fraction of sp³-hybridized carbons (Fsp3) is 0.0909. The van der Waals surface area contributed by atoms with E-state index >= 15 is 0 Å². The number of hydrogen-bond acceptors (Lipinski definition) is 3. The van der Waals surface area contributed by atoms with Gasteiger partial charge in [-0.15, -0.1) is 0 Å². The summed E-state index contributed by atoms with van der Waals surface area (Å²) in [4.78, 5) is 6.64.